The Morgan fingerprint density at radius 2 is 1.06 bits per heavy atom. The number of hydrogen-bond donors (Lipinski definition) is 1. The number of rotatable bonds is 2. The van der Waals surface area contributed by atoms with Gasteiger partial charge in [0, 0.05) is 27.1 Å². The summed E-state index contributed by atoms with van der Waals surface area (Å²) in [6.07, 6.45) is 0. The van der Waals surface area contributed by atoms with Gasteiger partial charge in [0.25, 0.3) is 7.37 Å². The predicted octanol–water partition coefficient (Wildman–Crippen LogP) is 1.91. The molecule has 2 aromatic carbocycles. The first-order chi connectivity index (χ1) is 7.21. The van der Waals surface area contributed by atoms with Crippen molar-refractivity contribution in [3.8, 4) is 0 Å². The second kappa shape index (κ2) is 5.45. The van der Waals surface area contributed by atoms with Crippen molar-refractivity contribution in [2.24, 2.45) is 0 Å². The first-order valence-corrected chi connectivity index (χ1v) is 6.31. The first-order valence-electron chi connectivity index (χ1n) is 4.65. The molecule has 0 saturated heterocycles. The third kappa shape index (κ3) is 2.62. The van der Waals surface area contributed by atoms with E-state index in [-0.39, 0.29) is 16.5 Å². The largest absolute Gasteiger partial charge is 0.338 e. The summed E-state index contributed by atoms with van der Waals surface area (Å²) < 4.78 is 12.2. The molecule has 0 atom stereocenters. The van der Waals surface area contributed by atoms with E-state index in [4.69, 9.17) is 0 Å². The van der Waals surface area contributed by atoms with E-state index in [1.54, 1.807) is 48.5 Å². The molecule has 0 saturated carbocycles. The first kappa shape index (κ1) is 13.2. The molecule has 2 aromatic rings. The number of benzene rings is 2. The summed E-state index contributed by atoms with van der Waals surface area (Å²) >= 11 is 0. The van der Waals surface area contributed by atoms with Crippen LogP contribution in [0, 0.1) is 0 Å². The molecular formula is C12H11NiO2P. The van der Waals surface area contributed by atoms with Gasteiger partial charge in [-0.15, -0.1) is 0 Å². The van der Waals surface area contributed by atoms with Crippen LogP contribution < -0.4 is 10.6 Å². The molecule has 0 amide bonds. The van der Waals surface area contributed by atoms with Gasteiger partial charge in [-0.2, -0.15) is 0 Å². The molecule has 0 bridgehead atoms. The Morgan fingerprint density at radius 3 is 1.38 bits per heavy atom. The molecule has 0 aliphatic heterocycles. The topological polar surface area (TPSA) is 37.3 Å². The molecule has 1 N–H and O–H groups in total. The molecular weight excluding hydrogens is 266 g/mol. The molecule has 4 heteroatoms. The molecule has 2 rings (SSSR count). The smallest absolute Gasteiger partial charge is 0.258 e. The summed E-state index contributed by atoms with van der Waals surface area (Å²) in [5.74, 6) is 0. The quantitative estimate of drug-likeness (QED) is 0.672. The zero-order valence-electron chi connectivity index (χ0n) is 8.39. The second-order valence-electron chi connectivity index (χ2n) is 3.25. The van der Waals surface area contributed by atoms with E-state index in [1.807, 2.05) is 12.1 Å². The molecule has 2 nitrogen and oxygen atoms in total. The van der Waals surface area contributed by atoms with Crippen LogP contribution in [-0.4, -0.2) is 4.89 Å². The van der Waals surface area contributed by atoms with Crippen LogP contribution in [0.4, 0.5) is 0 Å². The minimum atomic E-state index is -3.40. The Kier molecular flexibility index (Phi) is 4.49. The minimum absolute atomic E-state index is 0. The molecule has 0 aliphatic rings. The van der Waals surface area contributed by atoms with Gasteiger partial charge in [0.15, 0.2) is 0 Å². The predicted molar refractivity (Wildman–Crippen MR) is 62.0 cm³/mol. The van der Waals surface area contributed by atoms with Crippen LogP contribution in [-0.2, 0) is 21.1 Å². The van der Waals surface area contributed by atoms with Gasteiger partial charge in [-0.05, 0) is 24.3 Å². The van der Waals surface area contributed by atoms with E-state index in [0.717, 1.165) is 0 Å². The van der Waals surface area contributed by atoms with E-state index in [2.05, 4.69) is 0 Å². The van der Waals surface area contributed by atoms with Crippen LogP contribution in [0.25, 0.3) is 0 Å². The monoisotopic (exact) mass is 276 g/mol. The molecule has 0 aliphatic carbocycles. The van der Waals surface area contributed by atoms with Crippen molar-refractivity contribution < 1.29 is 25.9 Å². The van der Waals surface area contributed by atoms with Crippen molar-refractivity contribution in [1.82, 2.24) is 0 Å². The van der Waals surface area contributed by atoms with Gasteiger partial charge in [-0.25, -0.2) is 0 Å². The molecule has 0 radical (unpaired) electrons. The van der Waals surface area contributed by atoms with Crippen LogP contribution in [0.1, 0.15) is 0 Å². The van der Waals surface area contributed by atoms with Crippen LogP contribution in [0.15, 0.2) is 60.7 Å². The van der Waals surface area contributed by atoms with E-state index < -0.39 is 7.37 Å². The van der Waals surface area contributed by atoms with Crippen LogP contribution in [0.5, 0.6) is 0 Å². The maximum Gasteiger partial charge on any atom is 0.258 e. The molecule has 0 unspecified atom stereocenters. The molecule has 16 heavy (non-hydrogen) atoms. The molecule has 0 heterocycles. The molecule has 0 spiro atoms. The minimum Gasteiger partial charge on any atom is -0.338 e. The summed E-state index contributed by atoms with van der Waals surface area (Å²) in [7, 11) is -3.40. The maximum absolute atomic E-state index is 12.2. The van der Waals surface area contributed by atoms with E-state index in [0.29, 0.717) is 10.6 Å². The van der Waals surface area contributed by atoms with Crippen molar-refractivity contribution in [2.45, 2.75) is 0 Å². The van der Waals surface area contributed by atoms with Gasteiger partial charge in [-0.1, -0.05) is 36.4 Å². The Balaban J connectivity index is 0.00000128. The van der Waals surface area contributed by atoms with E-state index in [9.17, 15) is 9.46 Å². The van der Waals surface area contributed by atoms with Gasteiger partial charge in [0.1, 0.15) is 0 Å². The fourth-order valence-corrected chi connectivity index (χ4v) is 2.86. The van der Waals surface area contributed by atoms with Crippen molar-refractivity contribution in [1.29, 1.82) is 0 Å². The third-order valence-corrected chi connectivity index (χ3v) is 4.21. The van der Waals surface area contributed by atoms with Gasteiger partial charge < -0.3 is 4.89 Å². The maximum atomic E-state index is 12.2. The second-order valence-corrected chi connectivity index (χ2v) is 5.43. The van der Waals surface area contributed by atoms with Crippen molar-refractivity contribution >= 4 is 18.0 Å². The molecule has 86 valence electrons. The summed E-state index contributed by atoms with van der Waals surface area (Å²) in [4.78, 5) is 10.0. The zero-order valence-corrected chi connectivity index (χ0v) is 10.3. The summed E-state index contributed by atoms with van der Waals surface area (Å²) in [5, 5.41) is 0.937. The Hall–Kier alpha value is -0.876. The van der Waals surface area contributed by atoms with Crippen LogP contribution in [0.2, 0.25) is 0 Å². The Morgan fingerprint density at radius 1 is 0.750 bits per heavy atom. The van der Waals surface area contributed by atoms with Gasteiger partial charge in [-0.3, -0.25) is 4.57 Å². The van der Waals surface area contributed by atoms with E-state index in [1.165, 1.54) is 0 Å². The number of hydrogen-bond acceptors (Lipinski definition) is 1. The zero-order chi connectivity index (χ0) is 10.7. The molecule has 0 aromatic heterocycles. The summed E-state index contributed by atoms with van der Waals surface area (Å²) in [6.45, 7) is 0. The average Bonchev–Trinajstić information content (AvgIpc) is 2.31. The van der Waals surface area contributed by atoms with Gasteiger partial charge in [0.2, 0.25) is 0 Å². The fourth-order valence-electron chi connectivity index (χ4n) is 1.41. The fraction of sp³-hybridized carbons (Fsp3) is 0. The average molecular weight is 277 g/mol. The van der Waals surface area contributed by atoms with Crippen LogP contribution >= 0.6 is 7.37 Å². The SMILES string of the molecule is O=P(O)(c1ccccc1)c1ccccc1.[Ni]. The van der Waals surface area contributed by atoms with Gasteiger partial charge in [0.05, 0.1) is 0 Å². The van der Waals surface area contributed by atoms with Gasteiger partial charge >= 0.3 is 0 Å². The Bertz CT molecular complexity index is 441. The third-order valence-electron chi connectivity index (χ3n) is 2.21. The normalized spacial score (nSPS) is 10.6. The summed E-state index contributed by atoms with van der Waals surface area (Å²) in [5.41, 5.74) is 0. The standard InChI is InChI=1S/C12H11O2P.Ni/c13-15(14,11-7-3-1-4-8-11)12-9-5-2-6-10-12;/h1-10H,(H,13,14);. The van der Waals surface area contributed by atoms with Crippen molar-refractivity contribution in [3.63, 3.8) is 0 Å². The Labute approximate surface area is 105 Å². The summed E-state index contributed by atoms with van der Waals surface area (Å²) in [6, 6.07) is 17.4. The molecule has 0 fully saturated rings. The van der Waals surface area contributed by atoms with Crippen molar-refractivity contribution in [2.75, 3.05) is 0 Å². The van der Waals surface area contributed by atoms with Crippen LogP contribution in [0.3, 0.4) is 0 Å². The van der Waals surface area contributed by atoms with E-state index >= 15 is 0 Å². The van der Waals surface area contributed by atoms with Crippen molar-refractivity contribution in [3.05, 3.63) is 60.7 Å².